The van der Waals surface area contributed by atoms with E-state index in [1.54, 1.807) is 0 Å². The monoisotopic (exact) mass is 513 g/mol. The Kier molecular flexibility index (Phi) is 4.80. The van der Waals surface area contributed by atoms with Crippen molar-refractivity contribution in [1.82, 2.24) is 5.32 Å². The van der Waals surface area contributed by atoms with E-state index in [2.05, 4.69) is 52.2 Å². The maximum atomic E-state index is 12.2. The first-order valence-electron chi connectivity index (χ1n) is 9.73. The van der Waals surface area contributed by atoms with E-state index in [-0.39, 0.29) is 0 Å². The van der Waals surface area contributed by atoms with Crippen LogP contribution in [-0.4, -0.2) is 33.4 Å². The number of methoxy groups -OCH3 is 1. The van der Waals surface area contributed by atoms with Gasteiger partial charge in [-0.15, -0.1) is 0 Å². The van der Waals surface area contributed by atoms with Crippen molar-refractivity contribution in [3.63, 3.8) is 0 Å². The minimum Gasteiger partial charge on any atom is -0.453 e. The highest BCUT2D eigenvalue weighted by molar-refractivity contribution is 14.1. The molecule has 0 fully saturated rings. The smallest absolute Gasteiger partial charge is 0.407 e. The van der Waals surface area contributed by atoms with Crippen molar-refractivity contribution in [2.45, 2.75) is 22.2 Å². The van der Waals surface area contributed by atoms with Crippen LogP contribution in [0.5, 0.6) is 0 Å². The summed E-state index contributed by atoms with van der Waals surface area (Å²) in [5, 5.41) is 30.8. The summed E-state index contributed by atoms with van der Waals surface area (Å²) in [7, 11) is 1.32. The lowest BCUT2D eigenvalue weighted by Crippen LogP contribution is -2.45. The molecule has 4 atom stereocenters. The lowest BCUT2D eigenvalue weighted by Gasteiger charge is -2.38. The SMILES string of the molecule is COC(=O)N[C@@H]1c2c(ccc3c4ccccc4c4ccccc4c23)[C@@H](O)[C@H](O)[C@H]1I. The highest BCUT2D eigenvalue weighted by Gasteiger charge is 2.42. The molecule has 4 aromatic rings. The van der Waals surface area contributed by atoms with Gasteiger partial charge in [0.25, 0.3) is 0 Å². The van der Waals surface area contributed by atoms with E-state index in [4.69, 9.17) is 4.74 Å². The van der Waals surface area contributed by atoms with Gasteiger partial charge in [0.2, 0.25) is 0 Å². The fourth-order valence-electron chi connectivity index (χ4n) is 4.68. The van der Waals surface area contributed by atoms with E-state index in [1.165, 1.54) is 7.11 Å². The highest BCUT2D eigenvalue weighted by Crippen LogP contribution is 2.47. The van der Waals surface area contributed by atoms with Crippen LogP contribution < -0.4 is 5.32 Å². The van der Waals surface area contributed by atoms with E-state index in [0.29, 0.717) is 5.56 Å². The Balaban J connectivity index is 1.96. The summed E-state index contributed by atoms with van der Waals surface area (Å²) in [6.45, 7) is 0. The van der Waals surface area contributed by atoms with Gasteiger partial charge < -0.3 is 20.3 Å². The second kappa shape index (κ2) is 7.37. The van der Waals surface area contributed by atoms with Gasteiger partial charge in [0.15, 0.2) is 0 Å². The standard InChI is InChI=1S/C24H20INO4/c1-30-24(29)26-21-19-17(22(27)23(28)20(21)25)11-10-16-14-8-3-2-6-12(14)13-7-4-5-9-15(13)18(16)19/h2-11,20-23,27-28H,1H3,(H,26,29)/t20-,21+,22+,23+/m0/s1. The number of alkyl carbamates (subject to hydrolysis) is 1. The summed E-state index contributed by atoms with van der Waals surface area (Å²) in [6.07, 6.45) is -2.62. The molecule has 3 N–H and O–H groups in total. The van der Waals surface area contributed by atoms with Crippen LogP contribution in [0, 0.1) is 0 Å². The maximum Gasteiger partial charge on any atom is 0.407 e. The second-order valence-electron chi connectivity index (χ2n) is 7.58. The summed E-state index contributed by atoms with van der Waals surface area (Å²) >= 11 is 2.10. The molecule has 6 heteroatoms. The summed E-state index contributed by atoms with van der Waals surface area (Å²) in [5.41, 5.74) is 1.46. The number of halogens is 1. The molecule has 0 saturated heterocycles. The van der Waals surface area contributed by atoms with Gasteiger partial charge in [0.1, 0.15) is 6.10 Å². The molecule has 0 aliphatic heterocycles. The van der Waals surface area contributed by atoms with Gasteiger partial charge in [0.05, 0.1) is 23.2 Å². The zero-order valence-electron chi connectivity index (χ0n) is 16.2. The number of fused-ring (bicyclic) bond motifs is 8. The van der Waals surface area contributed by atoms with Crippen LogP contribution in [0.4, 0.5) is 4.79 Å². The predicted molar refractivity (Wildman–Crippen MR) is 126 cm³/mol. The lowest BCUT2D eigenvalue weighted by atomic mass is 9.79. The molecular formula is C24H20INO4. The minimum atomic E-state index is -1.03. The summed E-state index contributed by atoms with van der Waals surface area (Å²) in [5.74, 6) is 0. The summed E-state index contributed by atoms with van der Waals surface area (Å²) in [4.78, 5) is 12.2. The minimum absolute atomic E-state index is 0.431. The number of rotatable bonds is 1. The van der Waals surface area contributed by atoms with Crippen molar-refractivity contribution in [2.24, 2.45) is 0 Å². The number of carbonyl (C=O) groups excluding carboxylic acids is 1. The molecule has 30 heavy (non-hydrogen) atoms. The van der Waals surface area contributed by atoms with Crippen molar-refractivity contribution in [2.75, 3.05) is 7.11 Å². The summed E-state index contributed by atoms with van der Waals surface area (Å²) in [6, 6.07) is 19.8. The third-order valence-corrected chi connectivity index (χ3v) is 7.50. The quantitative estimate of drug-likeness (QED) is 0.195. The van der Waals surface area contributed by atoms with Gasteiger partial charge >= 0.3 is 6.09 Å². The number of alkyl halides is 1. The van der Waals surface area contributed by atoms with Crippen LogP contribution in [0.25, 0.3) is 32.3 Å². The third-order valence-electron chi connectivity index (χ3n) is 6.04. The number of hydrogen-bond donors (Lipinski definition) is 3. The van der Waals surface area contributed by atoms with E-state index in [1.807, 2.05) is 36.4 Å². The van der Waals surface area contributed by atoms with Crippen LogP contribution in [0.2, 0.25) is 0 Å². The molecule has 1 aliphatic rings. The van der Waals surface area contributed by atoms with Crippen LogP contribution in [0.15, 0.2) is 60.7 Å². The van der Waals surface area contributed by atoms with Gasteiger partial charge in [-0.25, -0.2) is 4.79 Å². The molecule has 4 aromatic carbocycles. The predicted octanol–water partition coefficient (Wildman–Crippen LogP) is 4.75. The van der Waals surface area contributed by atoms with Gasteiger partial charge in [-0.1, -0.05) is 83.3 Å². The molecule has 0 aromatic heterocycles. The number of nitrogens with one attached hydrogen (secondary N) is 1. The van der Waals surface area contributed by atoms with Crippen molar-refractivity contribution in [1.29, 1.82) is 0 Å². The Bertz CT molecular complexity index is 1270. The first-order valence-corrected chi connectivity index (χ1v) is 11.0. The number of benzene rings is 4. The molecule has 1 amide bonds. The molecule has 5 rings (SSSR count). The molecule has 0 heterocycles. The zero-order valence-corrected chi connectivity index (χ0v) is 18.3. The first-order chi connectivity index (χ1) is 14.5. The Morgan fingerprint density at radius 2 is 1.43 bits per heavy atom. The van der Waals surface area contributed by atoms with E-state index >= 15 is 0 Å². The second-order valence-corrected chi connectivity index (χ2v) is 9.01. The number of carbonyl (C=O) groups is 1. The van der Waals surface area contributed by atoms with Crippen molar-refractivity contribution >= 4 is 61.0 Å². The molecule has 0 saturated carbocycles. The Hall–Kier alpha value is -2.42. The van der Waals surface area contributed by atoms with Gasteiger partial charge in [-0.3, -0.25) is 0 Å². The molecule has 152 valence electrons. The molecule has 0 unspecified atom stereocenters. The fraction of sp³-hybridized carbons (Fsp3) is 0.208. The van der Waals surface area contributed by atoms with E-state index in [0.717, 1.165) is 37.9 Å². The van der Waals surface area contributed by atoms with Gasteiger partial charge in [0, 0.05) is 0 Å². The average Bonchev–Trinajstić information content (AvgIpc) is 2.79. The summed E-state index contributed by atoms with van der Waals surface area (Å²) < 4.78 is 4.42. The third kappa shape index (κ3) is 2.78. The number of ether oxygens (including phenoxy) is 1. The normalized spacial score (nSPS) is 23.5. The van der Waals surface area contributed by atoms with Crippen LogP contribution in [0.1, 0.15) is 23.3 Å². The van der Waals surface area contributed by atoms with Crippen molar-refractivity contribution < 1.29 is 19.7 Å². The van der Waals surface area contributed by atoms with E-state index < -0.39 is 28.3 Å². The average molecular weight is 513 g/mol. The van der Waals surface area contributed by atoms with E-state index in [9.17, 15) is 15.0 Å². The molecule has 5 nitrogen and oxygen atoms in total. The van der Waals surface area contributed by atoms with Crippen LogP contribution >= 0.6 is 22.6 Å². The van der Waals surface area contributed by atoms with Crippen molar-refractivity contribution in [3.05, 3.63) is 71.8 Å². The number of aliphatic hydroxyl groups excluding tert-OH is 2. The van der Waals surface area contributed by atoms with Crippen LogP contribution in [-0.2, 0) is 4.74 Å². The highest BCUT2D eigenvalue weighted by atomic mass is 127. The zero-order chi connectivity index (χ0) is 21.0. The first kappa shape index (κ1) is 19.5. The Morgan fingerprint density at radius 1 is 0.900 bits per heavy atom. The molecule has 1 aliphatic carbocycles. The molecule has 0 spiro atoms. The molecule has 0 radical (unpaired) electrons. The number of hydrogen-bond acceptors (Lipinski definition) is 4. The van der Waals surface area contributed by atoms with Gasteiger partial charge in [-0.05, 0) is 43.4 Å². The Labute approximate surface area is 186 Å². The number of aliphatic hydroxyl groups is 2. The van der Waals surface area contributed by atoms with Gasteiger partial charge in [-0.2, -0.15) is 0 Å². The number of amides is 1. The lowest BCUT2D eigenvalue weighted by molar-refractivity contribution is 0.00584. The topological polar surface area (TPSA) is 78.8 Å². The van der Waals surface area contributed by atoms with Crippen LogP contribution in [0.3, 0.4) is 0 Å². The molecular weight excluding hydrogens is 493 g/mol. The molecule has 0 bridgehead atoms. The largest absolute Gasteiger partial charge is 0.453 e. The fourth-order valence-corrected chi connectivity index (χ4v) is 5.62. The maximum absolute atomic E-state index is 12.2. The van der Waals surface area contributed by atoms with Crippen molar-refractivity contribution in [3.8, 4) is 0 Å². The Morgan fingerprint density at radius 3 is 2.03 bits per heavy atom.